The van der Waals surface area contributed by atoms with Crippen molar-refractivity contribution in [1.82, 2.24) is 5.43 Å². The van der Waals surface area contributed by atoms with Crippen molar-refractivity contribution < 1.29 is 19.0 Å². The van der Waals surface area contributed by atoms with E-state index < -0.39 is 0 Å². The van der Waals surface area contributed by atoms with Crippen molar-refractivity contribution in [2.75, 3.05) is 19.0 Å². The average Bonchev–Trinajstić information content (AvgIpc) is 2.99. The van der Waals surface area contributed by atoms with Crippen molar-refractivity contribution >= 4 is 17.3 Å². The maximum absolute atomic E-state index is 14.0. The third-order valence-corrected chi connectivity index (χ3v) is 4.31. The van der Waals surface area contributed by atoms with Crippen LogP contribution in [0, 0.1) is 5.82 Å². The van der Waals surface area contributed by atoms with E-state index in [9.17, 15) is 14.3 Å². The molecule has 0 radical (unpaired) electrons. The van der Waals surface area contributed by atoms with Gasteiger partial charge in [-0.25, -0.2) is 9.82 Å². The van der Waals surface area contributed by atoms with E-state index in [0.717, 1.165) is 0 Å². The van der Waals surface area contributed by atoms with Crippen LogP contribution in [-0.2, 0) is 4.79 Å². The topological polar surface area (TPSA) is 83.0 Å². The molecule has 136 valence electrons. The number of anilines is 1. The zero-order valence-corrected chi connectivity index (χ0v) is 14.5. The van der Waals surface area contributed by atoms with Crippen LogP contribution in [0.4, 0.5) is 10.1 Å². The second kappa shape index (κ2) is 7.43. The number of ether oxygens (including phenoxy) is 1. The van der Waals surface area contributed by atoms with Gasteiger partial charge in [-0.3, -0.25) is 4.79 Å². The first-order chi connectivity index (χ1) is 12.5. The average molecular weight is 357 g/mol. The molecule has 6 nitrogen and oxygen atoms in total. The Morgan fingerprint density at radius 2 is 2.12 bits per heavy atom. The molecule has 26 heavy (non-hydrogen) atoms. The number of carbonyl (C=O) groups excluding carboxylic acids is 1. The number of hydrogen-bond acceptors (Lipinski definition) is 5. The maximum Gasteiger partial charge on any atom is 0.259 e. The highest BCUT2D eigenvalue weighted by molar-refractivity contribution is 6.07. The highest BCUT2D eigenvalue weighted by atomic mass is 19.1. The third kappa shape index (κ3) is 3.46. The van der Waals surface area contributed by atoms with Crippen LogP contribution in [-0.4, -0.2) is 30.4 Å². The number of methoxy groups -OCH3 is 1. The van der Waals surface area contributed by atoms with Crippen LogP contribution in [0.3, 0.4) is 0 Å². The molecule has 0 fully saturated rings. The van der Waals surface area contributed by atoms with E-state index in [1.165, 1.54) is 12.1 Å². The number of para-hydroxylation sites is 2. The number of nitrogens with one attached hydrogen (secondary N) is 2. The fourth-order valence-electron chi connectivity index (χ4n) is 3.10. The number of nitrogens with zero attached hydrogens (tertiary/aromatic N) is 1. The summed E-state index contributed by atoms with van der Waals surface area (Å²) in [7, 11) is 1.55. The summed E-state index contributed by atoms with van der Waals surface area (Å²) in [5.74, 6) is -0.254. The largest absolute Gasteiger partial charge is 0.507 e. The van der Waals surface area contributed by atoms with E-state index in [1.54, 1.807) is 19.2 Å². The molecule has 0 saturated carbocycles. The van der Waals surface area contributed by atoms with Gasteiger partial charge in [0.25, 0.3) is 5.91 Å². The fourth-order valence-corrected chi connectivity index (χ4v) is 3.10. The molecule has 0 spiro atoms. The SMILES string of the molecule is COc1ccccc1NCC(=O)N/N=C1\C[C@H](C)c2c(F)ccc(O)c21. The van der Waals surface area contributed by atoms with Crippen molar-refractivity contribution in [2.24, 2.45) is 5.10 Å². The Labute approximate surface area is 150 Å². The lowest BCUT2D eigenvalue weighted by Gasteiger charge is -2.10. The van der Waals surface area contributed by atoms with Gasteiger partial charge in [0.1, 0.15) is 17.3 Å². The number of halogens is 1. The number of fused-ring (bicyclic) bond motifs is 1. The second-order valence-electron chi connectivity index (χ2n) is 6.11. The molecule has 0 bridgehead atoms. The maximum atomic E-state index is 14.0. The van der Waals surface area contributed by atoms with Crippen LogP contribution in [0.1, 0.15) is 30.4 Å². The molecule has 0 aromatic heterocycles. The Bertz CT molecular complexity index is 867. The number of aromatic hydroxyl groups is 1. The Morgan fingerprint density at radius 3 is 2.88 bits per heavy atom. The van der Waals surface area contributed by atoms with Crippen LogP contribution in [0.25, 0.3) is 0 Å². The summed E-state index contributed by atoms with van der Waals surface area (Å²) < 4.78 is 19.2. The summed E-state index contributed by atoms with van der Waals surface area (Å²) in [5.41, 5.74) is 4.42. The van der Waals surface area contributed by atoms with Gasteiger partial charge in [0, 0.05) is 11.1 Å². The minimum absolute atomic E-state index is 0.00526. The van der Waals surface area contributed by atoms with E-state index in [1.807, 2.05) is 19.1 Å². The van der Waals surface area contributed by atoms with E-state index >= 15 is 0 Å². The molecule has 3 rings (SSSR count). The van der Waals surface area contributed by atoms with Gasteiger partial charge < -0.3 is 15.2 Å². The Hall–Kier alpha value is -3.09. The van der Waals surface area contributed by atoms with Crippen molar-refractivity contribution in [3.05, 3.63) is 53.3 Å². The van der Waals surface area contributed by atoms with Gasteiger partial charge in [0.2, 0.25) is 0 Å². The number of hydrogen-bond donors (Lipinski definition) is 3. The molecule has 2 aromatic rings. The molecule has 0 heterocycles. The smallest absolute Gasteiger partial charge is 0.259 e. The molecule has 0 aliphatic heterocycles. The van der Waals surface area contributed by atoms with Gasteiger partial charge >= 0.3 is 0 Å². The molecule has 1 amide bonds. The van der Waals surface area contributed by atoms with Gasteiger partial charge in [-0.1, -0.05) is 19.1 Å². The summed E-state index contributed by atoms with van der Waals surface area (Å²) in [6.45, 7) is 1.85. The summed E-state index contributed by atoms with van der Waals surface area (Å²) in [5, 5.41) is 17.1. The van der Waals surface area contributed by atoms with Crippen LogP contribution >= 0.6 is 0 Å². The Kier molecular flexibility index (Phi) is 5.06. The summed E-state index contributed by atoms with van der Waals surface area (Å²) in [6, 6.07) is 9.79. The standard InChI is InChI=1S/C19H20FN3O3/c1-11-9-14(19-15(24)8-7-12(20)18(11)19)22-23-17(25)10-21-13-5-3-4-6-16(13)26-2/h3-8,11,21,24H,9-10H2,1-2H3,(H,23,25)/b22-14+/t11-/m0/s1. The first kappa shape index (κ1) is 17.7. The van der Waals surface area contributed by atoms with Gasteiger partial charge in [-0.15, -0.1) is 0 Å². The van der Waals surface area contributed by atoms with Gasteiger partial charge in [-0.2, -0.15) is 5.10 Å². The van der Waals surface area contributed by atoms with Crippen LogP contribution in [0.2, 0.25) is 0 Å². The highest BCUT2D eigenvalue weighted by Gasteiger charge is 2.30. The summed E-state index contributed by atoms with van der Waals surface area (Å²) in [4.78, 5) is 12.1. The zero-order valence-electron chi connectivity index (χ0n) is 14.5. The van der Waals surface area contributed by atoms with E-state index in [4.69, 9.17) is 4.74 Å². The van der Waals surface area contributed by atoms with E-state index in [0.29, 0.717) is 34.7 Å². The normalized spacial score (nSPS) is 17.0. The predicted octanol–water partition coefficient (Wildman–Crippen LogP) is 2.98. The number of hydrazone groups is 1. The lowest BCUT2D eigenvalue weighted by Crippen LogP contribution is -2.27. The van der Waals surface area contributed by atoms with Crippen LogP contribution in [0.15, 0.2) is 41.5 Å². The minimum Gasteiger partial charge on any atom is -0.507 e. The second-order valence-corrected chi connectivity index (χ2v) is 6.11. The lowest BCUT2D eigenvalue weighted by molar-refractivity contribution is -0.119. The Morgan fingerprint density at radius 1 is 1.35 bits per heavy atom. The summed E-state index contributed by atoms with van der Waals surface area (Å²) >= 11 is 0. The number of carbonyl (C=O) groups is 1. The van der Waals surface area contributed by atoms with Gasteiger partial charge in [0.15, 0.2) is 0 Å². The molecule has 3 N–H and O–H groups in total. The van der Waals surface area contributed by atoms with Gasteiger partial charge in [-0.05, 0) is 36.6 Å². The number of rotatable bonds is 5. The molecule has 2 aromatic carbocycles. The molecule has 0 saturated heterocycles. The van der Waals surface area contributed by atoms with Crippen molar-refractivity contribution in [1.29, 1.82) is 0 Å². The zero-order chi connectivity index (χ0) is 18.7. The number of benzene rings is 2. The summed E-state index contributed by atoms with van der Waals surface area (Å²) in [6.07, 6.45) is 0.448. The van der Waals surface area contributed by atoms with E-state index in [-0.39, 0.29) is 29.9 Å². The molecular weight excluding hydrogens is 337 g/mol. The first-order valence-corrected chi connectivity index (χ1v) is 8.25. The molecule has 1 atom stereocenters. The predicted molar refractivity (Wildman–Crippen MR) is 97.3 cm³/mol. The van der Waals surface area contributed by atoms with E-state index in [2.05, 4.69) is 15.8 Å². The molecule has 1 aliphatic rings. The quantitative estimate of drug-likeness (QED) is 0.719. The first-order valence-electron chi connectivity index (χ1n) is 8.25. The lowest BCUT2D eigenvalue weighted by atomic mass is 10.0. The number of phenols is 1. The molecule has 7 heteroatoms. The minimum atomic E-state index is -0.375. The third-order valence-electron chi connectivity index (χ3n) is 4.31. The molecule has 1 aliphatic carbocycles. The number of amides is 1. The fraction of sp³-hybridized carbons (Fsp3) is 0.263. The molecular formula is C19H20FN3O3. The monoisotopic (exact) mass is 357 g/mol. The van der Waals surface area contributed by atoms with Crippen molar-refractivity contribution in [3.8, 4) is 11.5 Å². The van der Waals surface area contributed by atoms with Crippen LogP contribution < -0.4 is 15.5 Å². The Balaban J connectivity index is 1.68. The van der Waals surface area contributed by atoms with Crippen LogP contribution in [0.5, 0.6) is 11.5 Å². The highest BCUT2D eigenvalue weighted by Crippen LogP contribution is 2.39. The number of phenolic OH excluding ortho intramolecular Hbond substituents is 1. The van der Waals surface area contributed by atoms with Crippen molar-refractivity contribution in [3.63, 3.8) is 0 Å². The van der Waals surface area contributed by atoms with Crippen molar-refractivity contribution in [2.45, 2.75) is 19.3 Å². The molecule has 0 unspecified atom stereocenters. The van der Waals surface area contributed by atoms with Gasteiger partial charge in [0.05, 0.1) is 25.1 Å².